The van der Waals surface area contributed by atoms with E-state index in [1.54, 1.807) is 0 Å². The van der Waals surface area contributed by atoms with Gasteiger partial charge in [-0.15, -0.1) is 0 Å². The van der Waals surface area contributed by atoms with Gasteiger partial charge in [-0.25, -0.2) is 0 Å². The van der Waals surface area contributed by atoms with E-state index in [9.17, 15) is 0 Å². The smallest absolute Gasteiger partial charge is 0.0590 e. The van der Waals surface area contributed by atoms with E-state index in [1.807, 2.05) is 0 Å². The fraction of sp³-hybridized carbons (Fsp3) is 0.647. The van der Waals surface area contributed by atoms with E-state index in [0.717, 1.165) is 6.61 Å². The van der Waals surface area contributed by atoms with E-state index in [0.29, 0.717) is 12.1 Å². The van der Waals surface area contributed by atoms with Crippen LogP contribution in [0.25, 0.3) is 0 Å². The zero-order valence-electron chi connectivity index (χ0n) is 12.1. The summed E-state index contributed by atoms with van der Waals surface area (Å²) in [5.41, 5.74) is 1.45. The molecule has 0 spiro atoms. The van der Waals surface area contributed by atoms with Crippen LogP contribution in [0.1, 0.15) is 44.1 Å². The molecule has 19 heavy (non-hydrogen) atoms. The molecule has 0 aromatic heterocycles. The summed E-state index contributed by atoms with van der Waals surface area (Å²) in [4.78, 5) is 0. The van der Waals surface area contributed by atoms with Gasteiger partial charge in [-0.1, -0.05) is 30.3 Å². The summed E-state index contributed by atoms with van der Waals surface area (Å²) in [6.07, 6.45) is 9.17. The first kappa shape index (κ1) is 14.5. The van der Waals surface area contributed by atoms with E-state index in [4.69, 9.17) is 4.74 Å². The number of nitrogens with one attached hydrogen (secondary N) is 1. The number of benzene rings is 1. The van der Waals surface area contributed by atoms with Crippen molar-refractivity contribution < 1.29 is 4.74 Å². The van der Waals surface area contributed by atoms with Gasteiger partial charge in [0.2, 0.25) is 0 Å². The van der Waals surface area contributed by atoms with Crippen LogP contribution in [0.15, 0.2) is 30.3 Å². The number of hydrogen-bond acceptors (Lipinski definition) is 2. The Hall–Kier alpha value is -0.860. The summed E-state index contributed by atoms with van der Waals surface area (Å²) in [5, 5.41) is 3.46. The number of rotatable bonds is 7. The molecule has 1 heterocycles. The largest absolute Gasteiger partial charge is 0.378 e. The summed E-state index contributed by atoms with van der Waals surface area (Å²) in [7, 11) is 2.08. The molecule has 1 N–H and O–H groups in total. The van der Waals surface area contributed by atoms with Gasteiger partial charge < -0.3 is 10.1 Å². The Morgan fingerprint density at radius 1 is 1.26 bits per heavy atom. The predicted octanol–water partition coefficient (Wildman–Crippen LogP) is 3.56. The Morgan fingerprint density at radius 2 is 2.11 bits per heavy atom. The van der Waals surface area contributed by atoms with E-state index in [-0.39, 0.29) is 0 Å². The maximum absolute atomic E-state index is 5.83. The molecule has 106 valence electrons. The maximum Gasteiger partial charge on any atom is 0.0590 e. The monoisotopic (exact) mass is 261 g/mol. The molecule has 1 aromatic carbocycles. The van der Waals surface area contributed by atoms with Crippen LogP contribution in [0.3, 0.4) is 0 Å². The van der Waals surface area contributed by atoms with Crippen molar-refractivity contribution in [1.82, 2.24) is 5.32 Å². The molecule has 0 amide bonds. The zero-order chi connectivity index (χ0) is 13.3. The van der Waals surface area contributed by atoms with Gasteiger partial charge in [-0.2, -0.15) is 0 Å². The molecule has 1 aliphatic rings. The highest BCUT2D eigenvalue weighted by atomic mass is 16.5. The molecule has 2 unspecified atom stereocenters. The van der Waals surface area contributed by atoms with Crippen molar-refractivity contribution in [2.24, 2.45) is 0 Å². The van der Waals surface area contributed by atoms with Gasteiger partial charge in [0.15, 0.2) is 0 Å². The van der Waals surface area contributed by atoms with Crippen molar-refractivity contribution in [3.8, 4) is 0 Å². The van der Waals surface area contributed by atoms with Crippen LogP contribution in [0, 0.1) is 0 Å². The Morgan fingerprint density at radius 3 is 2.79 bits per heavy atom. The Bertz CT molecular complexity index is 332. The van der Waals surface area contributed by atoms with Crippen LogP contribution in [-0.2, 0) is 11.2 Å². The molecule has 2 nitrogen and oxygen atoms in total. The van der Waals surface area contributed by atoms with Crippen molar-refractivity contribution in [3.05, 3.63) is 35.9 Å². The molecule has 0 bridgehead atoms. The third kappa shape index (κ3) is 5.33. The zero-order valence-corrected chi connectivity index (χ0v) is 12.1. The van der Waals surface area contributed by atoms with Gasteiger partial charge >= 0.3 is 0 Å². The Balaban J connectivity index is 1.67. The third-order valence-electron chi connectivity index (χ3n) is 4.09. The Labute approximate surface area is 117 Å². The first-order chi connectivity index (χ1) is 9.38. The summed E-state index contributed by atoms with van der Waals surface area (Å²) in [6.45, 7) is 0.963. The lowest BCUT2D eigenvalue weighted by Gasteiger charge is -2.26. The average molecular weight is 261 g/mol. The normalized spacial score (nSPS) is 21.2. The SMILES string of the molecule is CNC(CCCc1ccccc1)CC1CCCCO1. The van der Waals surface area contributed by atoms with Gasteiger partial charge in [0.1, 0.15) is 0 Å². The molecule has 1 fully saturated rings. The summed E-state index contributed by atoms with van der Waals surface area (Å²) in [6, 6.07) is 11.4. The highest BCUT2D eigenvalue weighted by Crippen LogP contribution is 2.19. The van der Waals surface area contributed by atoms with E-state index in [1.165, 1.54) is 50.5 Å². The fourth-order valence-electron chi connectivity index (χ4n) is 2.89. The van der Waals surface area contributed by atoms with Gasteiger partial charge in [-0.3, -0.25) is 0 Å². The number of hydrogen-bond donors (Lipinski definition) is 1. The number of aryl methyl sites for hydroxylation is 1. The van der Waals surface area contributed by atoms with Crippen LogP contribution < -0.4 is 5.32 Å². The van der Waals surface area contributed by atoms with E-state index in [2.05, 4.69) is 42.7 Å². The minimum atomic E-state index is 0.489. The summed E-state index contributed by atoms with van der Waals surface area (Å²) < 4.78 is 5.83. The quantitative estimate of drug-likeness (QED) is 0.810. The van der Waals surface area contributed by atoms with Crippen molar-refractivity contribution in [2.75, 3.05) is 13.7 Å². The van der Waals surface area contributed by atoms with Gasteiger partial charge in [0.05, 0.1) is 6.10 Å². The second kappa shape index (κ2) is 8.34. The van der Waals surface area contributed by atoms with Gasteiger partial charge in [-0.05, 0) is 57.6 Å². The molecule has 0 radical (unpaired) electrons. The van der Waals surface area contributed by atoms with E-state index >= 15 is 0 Å². The standard InChI is InChI=1S/C17H27NO/c1-18-16(14-17-12-5-6-13-19-17)11-7-10-15-8-3-2-4-9-15/h2-4,8-9,16-18H,5-7,10-14H2,1H3. The molecular weight excluding hydrogens is 234 g/mol. The minimum Gasteiger partial charge on any atom is -0.378 e. The average Bonchev–Trinajstić information content (AvgIpc) is 2.48. The predicted molar refractivity (Wildman–Crippen MR) is 80.4 cm³/mol. The van der Waals surface area contributed by atoms with Gasteiger partial charge in [0, 0.05) is 12.6 Å². The molecule has 1 aromatic rings. The Kier molecular flexibility index (Phi) is 6.38. The maximum atomic E-state index is 5.83. The number of ether oxygens (including phenoxy) is 1. The molecule has 1 saturated heterocycles. The molecule has 2 heteroatoms. The summed E-state index contributed by atoms with van der Waals surface area (Å²) >= 11 is 0. The first-order valence-electron chi connectivity index (χ1n) is 7.71. The van der Waals surface area contributed by atoms with Crippen LogP contribution in [0.2, 0.25) is 0 Å². The van der Waals surface area contributed by atoms with Crippen LogP contribution in [0.4, 0.5) is 0 Å². The topological polar surface area (TPSA) is 21.3 Å². The second-order valence-corrected chi connectivity index (χ2v) is 5.59. The van der Waals surface area contributed by atoms with Crippen LogP contribution in [-0.4, -0.2) is 25.8 Å². The van der Waals surface area contributed by atoms with Crippen molar-refractivity contribution in [2.45, 2.75) is 57.1 Å². The van der Waals surface area contributed by atoms with Crippen LogP contribution in [0.5, 0.6) is 0 Å². The highest BCUT2D eigenvalue weighted by Gasteiger charge is 2.18. The van der Waals surface area contributed by atoms with Crippen molar-refractivity contribution in [1.29, 1.82) is 0 Å². The lowest BCUT2D eigenvalue weighted by atomic mass is 9.97. The van der Waals surface area contributed by atoms with E-state index < -0.39 is 0 Å². The van der Waals surface area contributed by atoms with Crippen LogP contribution >= 0.6 is 0 Å². The molecule has 2 atom stereocenters. The molecule has 2 rings (SSSR count). The fourth-order valence-corrected chi connectivity index (χ4v) is 2.89. The molecular formula is C17H27NO. The second-order valence-electron chi connectivity index (χ2n) is 5.59. The molecule has 1 aliphatic heterocycles. The lowest BCUT2D eigenvalue weighted by molar-refractivity contribution is 0.00507. The van der Waals surface area contributed by atoms with Crippen molar-refractivity contribution in [3.63, 3.8) is 0 Å². The van der Waals surface area contributed by atoms with Gasteiger partial charge in [0.25, 0.3) is 0 Å². The molecule has 0 aliphatic carbocycles. The molecule has 0 saturated carbocycles. The van der Waals surface area contributed by atoms with Crippen molar-refractivity contribution >= 4 is 0 Å². The lowest BCUT2D eigenvalue weighted by Crippen LogP contribution is -2.32. The third-order valence-corrected chi connectivity index (χ3v) is 4.09. The summed E-state index contributed by atoms with van der Waals surface area (Å²) in [5.74, 6) is 0. The first-order valence-corrected chi connectivity index (χ1v) is 7.71. The highest BCUT2D eigenvalue weighted by molar-refractivity contribution is 5.14. The minimum absolute atomic E-state index is 0.489.